The van der Waals surface area contributed by atoms with E-state index in [9.17, 15) is 4.79 Å². The number of anilines is 1. The van der Waals surface area contributed by atoms with Crippen LogP contribution in [0.4, 0.5) is 5.95 Å². The minimum Gasteiger partial charge on any atom is -0.481 e. The Balaban J connectivity index is 2.66. The van der Waals surface area contributed by atoms with Crippen molar-refractivity contribution in [3.8, 4) is 11.8 Å². The molecule has 0 aliphatic carbocycles. The Morgan fingerprint density at radius 1 is 1.57 bits per heavy atom. The predicted octanol–water partition coefficient (Wildman–Crippen LogP) is 0.344. The topological polar surface area (TPSA) is 75.1 Å². The summed E-state index contributed by atoms with van der Waals surface area (Å²) in [5.41, 5.74) is 0.602. The van der Waals surface area contributed by atoms with Crippen LogP contribution in [0.1, 0.15) is 12.0 Å². The number of rotatable bonds is 2. The maximum absolute atomic E-state index is 10.1. The first-order valence-electron chi connectivity index (χ1n) is 3.93. The number of aliphatic carboxylic acids is 1. The zero-order valence-electron chi connectivity index (χ0n) is 7.61. The van der Waals surface area contributed by atoms with Crippen molar-refractivity contribution in [3.05, 3.63) is 18.0 Å². The van der Waals surface area contributed by atoms with E-state index in [1.54, 1.807) is 7.05 Å². The minimum atomic E-state index is -0.940. The van der Waals surface area contributed by atoms with Gasteiger partial charge in [-0.05, 0) is 0 Å². The van der Waals surface area contributed by atoms with Crippen molar-refractivity contribution in [2.45, 2.75) is 6.42 Å². The lowest BCUT2D eigenvalue weighted by Gasteiger charge is -1.95. The monoisotopic (exact) mass is 191 g/mol. The number of carboxylic acid groups (broad SMARTS) is 1. The standard InChI is InChI=1S/C9H9N3O2/c1-10-9-11-5-7(6-12-9)3-2-4-8(13)14/h5-6H,4H2,1H3,(H,13,14)(H,10,11,12). The highest BCUT2D eigenvalue weighted by Crippen LogP contribution is 1.96. The fourth-order valence-corrected chi connectivity index (χ4v) is 0.744. The molecule has 5 nitrogen and oxygen atoms in total. The lowest BCUT2D eigenvalue weighted by molar-refractivity contribution is -0.135. The Morgan fingerprint density at radius 2 is 2.21 bits per heavy atom. The van der Waals surface area contributed by atoms with Crippen molar-refractivity contribution in [3.63, 3.8) is 0 Å². The van der Waals surface area contributed by atoms with E-state index in [0.29, 0.717) is 11.5 Å². The van der Waals surface area contributed by atoms with E-state index in [1.165, 1.54) is 12.4 Å². The van der Waals surface area contributed by atoms with Crippen molar-refractivity contribution in [2.75, 3.05) is 12.4 Å². The van der Waals surface area contributed by atoms with Gasteiger partial charge < -0.3 is 10.4 Å². The molecule has 1 heterocycles. The summed E-state index contributed by atoms with van der Waals surface area (Å²) in [4.78, 5) is 18.0. The number of hydrogen-bond acceptors (Lipinski definition) is 4. The van der Waals surface area contributed by atoms with Gasteiger partial charge in [-0.2, -0.15) is 0 Å². The predicted molar refractivity (Wildman–Crippen MR) is 50.7 cm³/mol. The van der Waals surface area contributed by atoms with Gasteiger partial charge in [0.1, 0.15) is 6.42 Å². The van der Waals surface area contributed by atoms with Crippen LogP contribution in [-0.2, 0) is 4.79 Å². The molecular weight excluding hydrogens is 182 g/mol. The Labute approximate surface area is 81.2 Å². The summed E-state index contributed by atoms with van der Waals surface area (Å²) in [7, 11) is 1.71. The lowest BCUT2D eigenvalue weighted by atomic mass is 10.3. The molecule has 0 atom stereocenters. The van der Waals surface area contributed by atoms with E-state index in [4.69, 9.17) is 5.11 Å². The quantitative estimate of drug-likeness (QED) is 0.659. The van der Waals surface area contributed by atoms with Crippen LogP contribution in [0.5, 0.6) is 0 Å². The van der Waals surface area contributed by atoms with E-state index in [2.05, 4.69) is 27.1 Å². The number of aromatic nitrogens is 2. The number of carboxylic acids is 1. The van der Waals surface area contributed by atoms with E-state index in [1.807, 2.05) is 0 Å². The van der Waals surface area contributed by atoms with E-state index >= 15 is 0 Å². The highest BCUT2D eigenvalue weighted by atomic mass is 16.4. The molecule has 0 fully saturated rings. The first-order chi connectivity index (χ1) is 6.72. The summed E-state index contributed by atoms with van der Waals surface area (Å²) >= 11 is 0. The van der Waals surface area contributed by atoms with Crippen LogP contribution in [0.15, 0.2) is 12.4 Å². The van der Waals surface area contributed by atoms with Crippen LogP contribution in [0.2, 0.25) is 0 Å². The van der Waals surface area contributed by atoms with Crippen LogP contribution in [0, 0.1) is 11.8 Å². The Morgan fingerprint density at radius 3 is 2.71 bits per heavy atom. The van der Waals surface area contributed by atoms with Crippen LogP contribution >= 0.6 is 0 Å². The first-order valence-corrected chi connectivity index (χ1v) is 3.93. The summed E-state index contributed by atoms with van der Waals surface area (Å²) in [5.74, 6) is 4.70. The van der Waals surface area contributed by atoms with Gasteiger partial charge in [0.15, 0.2) is 0 Å². The van der Waals surface area contributed by atoms with Gasteiger partial charge in [-0.25, -0.2) is 9.97 Å². The fourth-order valence-electron chi connectivity index (χ4n) is 0.744. The van der Waals surface area contributed by atoms with Gasteiger partial charge in [0.05, 0.1) is 5.56 Å². The molecule has 0 aliphatic heterocycles. The van der Waals surface area contributed by atoms with Crippen molar-refractivity contribution in [2.24, 2.45) is 0 Å². The maximum Gasteiger partial charge on any atom is 0.315 e. The van der Waals surface area contributed by atoms with E-state index in [0.717, 1.165) is 0 Å². The zero-order valence-corrected chi connectivity index (χ0v) is 7.61. The average Bonchev–Trinajstić information content (AvgIpc) is 2.18. The Bertz CT molecular complexity index is 375. The summed E-state index contributed by atoms with van der Waals surface area (Å²) in [6.07, 6.45) is 2.90. The molecule has 1 aromatic rings. The largest absolute Gasteiger partial charge is 0.481 e. The number of carbonyl (C=O) groups is 1. The second kappa shape index (κ2) is 4.82. The van der Waals surface area contributed by atoms with Gasteiger partial charge in [0.2, 0.25) is 5.95 Å². The summed E-state index contributed by atoms with van der Waals surface area (Å²) in [5, 5.41) is 11.1. The molecule has 2 N–H and O–H groups in total. The molecule has 72 valence electrons. The van der Waals surface area contributed by atoms with Crippen molar-refractivity contribution < 1.29 is 9.90 Å². The molecule has 0 aliphatic rings. The third-order valence-electron chi connectivity index (χ3n) is 1.35. The second-order valence-corrected chi connectivity index (χ2v) is 2.42. The molecule has 1 aromatic heterocycles. The van der Waals surface area contributed by atoms with Gasteiger partial charge in [-0.15, -0.1) is 0 Å². The van der Waals surface area contributed by atoms with Crippen molar-refractivity contribution >= 4 is 11.9 Å². The minimum absolute atomic E-state index is 0.173. The molecule has 0 amide bonds. The summed E-state index contributed by atoms with van der Waals surface area (Å²) < 4.78 is 0. The summed E-state index contributed by atoms with van der Waals surface area (Å²) in [6.45, 7) is 0. The first kappa shape index (κ1) is 9.99. The molecule has 0 saturated carbocycles. The fraction of sp³-hybridized carbons (Fsp3) is 0.222. The SMILES string of the molecule is CNc1ncc(C#CCC(=O)O)cn1. The van der Waals surface area contributed by atoms with Crippen LogP contribution in [0.3, 0.4) is 0 Å². The number of nitrogens with one attached hydrogen (secondary N) is 1. The molecule has 0 radical (unpaired) electrons. The van der Waals surface area contributed by atoms with Gasteiger partial charge in [0, 0.05) is 19.4 Å². The second-order valence-electron chi connectivity index (χ2n) is 2.42. The third-order valence-corrected chi connectivity index (χ3v) is 1.35. The molecule has 1 rings (SSSR count). The zero-order chi connectivity index (χ0) is 10.4. The number of nitrogens with zero attached hydrogens (tertiary/aromatic N) is 2. The van der Waals surface area contributed by atoms with Crippen LogP contribution < -0.4 is 5.32 Å². The molecule has 0 spiro atoms. The smallest absolute Gasteiger partial charge is 0.315 e. The number of hydrogen-bond donors (Lipinski definition) is 2. The maximum atomic E-state index is 10.1. The average molecular weight is 191 g/mol. The molecule has 14 heavy (non-hydrogen) atoms. The highest BCUT2D eigenvalue weighted by molar-refractivity contribution is 5.70. The highest BCUT2D eigenvalue weighted by Gasteiger charge is 1.92. The van der Waals surface area contributed by atoms with Crippen molar-refractivity contribution in [1.29, 1.82) is 0 Å². The van der Waals surface area contributed by atoms with Crippen LogP contribution in [-0.4, -0.2) is 28.1 Å². The molecule has 0 saturated heterocycles. The van der Waals surface area contributed by atoms with Crippen LogP contribution in [0.25, 0.3) is 0 Å². The van der Waals surface area contributed by atoms with Gasteiger partial charge in [-0.1, -0.05) is 11.8 Å². The molecule has 0 unspecified atom stereocenters. The van der Waals surface area contributed by atoms with Crippen molar-refractivity contribution in [1.82, 2.24) is 9.97 Å². The molecule has 0 bridgehead atoms. The van der Waals surface area contributed by atoms with Gasteiger partial charge in [0.25, 0.3) is 0 Å². The van der Waals surface area contributed by atoms with Gasteiger partial charge in [-0.3, -0.25) is 4.79 Å². The normalized spacial score (nSPS) is 8.64. The third kappa shape index (κ3) is 3.11. The molecular formula is C9H9N3O2. The van der Waals surface area contributed by atoms with E-state index < -0.39 is 5.97 Å². The van der Waals surface area contributed by atoms with E-state index in [-0.39, 0.29) is 6.42 Å². The lowest BCUT2D eigenvalue weighted by Crippen LogP contribution is -1.95. The Kier molecular flexibility index (Phi) is 3.44. The summed E-state index contributed by atoms with van der Waals surface area (Å²) in [6, 6.07) is 0. The Hall–Kier alpha value is -2.09. The molecule has 5 heteroatoms. The van der Waals surface area contributed by atoms with Gasteiger partial charge >= 0.3 is 5.97 Å². The molecule has 0 aromatic carbocycles.